The summed E-state index contributed by atoms with van der Waals surface area (Å²) in [6.45, 7) is 7.57. The van der Waals surface area contributed by atoms with Gasteiger partial charge in [0.15, 0.2) is 0 Å². The second-order valence-electron chi connectivity index (χ2n) is 10.0. The Morgan fingerprint density at radius 2 is 1.57 bits per heavy atom. The van der Waals surface area contributed by atoms with E-state index < -0.39 is 28.5 Å². The topological polar surface area (TPSA) is 96.0 Å². The maximum atomic E-state index is 13.7. The van der Waals surface area contributed by atoms with Gasteiger partial charge in [0, 0.05) is 12.6 Å². The Kier molecular flexibility index (Phi) is 10.7. The molecule has 2 unspecified atom stereocenters. The molecule has 3 aromatic rings. The fourth-order valence-corrected chi connectivity index (χ4v) is 4.97. The van der Waals surface area contributed by atoms with Gasteiger partial charge in [0.2, 0.25) is 21.8 Å². The molecular weight excluding hydrogens is 526 g/mol. The van der Waals surface area contributed by atoms with E-state index in [-0.39, 0.29) is 18.5 Å². The van der Waals surface area contributed by atoms with E-state index in [0.29, 0.717) is 18.0 Å². The lowest BCUT2D eigenvalue weighted by atomic mass is 10.1. The average Bonchev–Trinajstić information content (AvgIpc) is 2.93. The molecule has 1 N–H and O–H groups in total. The van der Waals surface area contributed by atoms with Crippen LogP contribution < -0.4 is 14.4 Å². The molecule has 0 saturated heterocycles. The summed E-state index contributed by atoms with van der Waals surface area (Å²) in [6, 6.07) is 23.1. The zero-order valence-corrected chi connectivity index (χ0v) is 24.6. The molecule has 8 nitrogen and oxygen atoms in total. The first-order chi connectivity index (χ1) is 19.0. The minimum absolute atomic E-state index is 0.0546. The quantitative estimate of drug-likeness (QED) is 0.325. The number of hydrogen-bond donors (Lipinski definition) is 1. The van der Waals surface area contributed by atoms with Crippen molar-refractivity contribution in [1.29, 1.82) is 0 Å². The third-order valence-electron chi connectivity index (χ3n) is 6.66. The Morgan fingerprint density at radius 3 is 2.17 bits per heavy atom. The molecule has 0 aromatic heterocycles. The second kappa shape index (κ2) is 14.0. The largest absolute Gasteiger partial charge is 0.489 e. The molecule has 0 aliphatic rings. The molecule has 2 atom stereocenters. The van der Waals surface area contributed by atoms with Gasteiger partial charge in [-0.15, -0.1) is 0 Å². The lowest BCUT2D eigenvalue weighted by Gasteiger charge is -2.32. The number of anilines is 1. The molecule has 0 saturated carbocycles. The van der Waals surface area contributed by atoms with E-state index in [1.165, 1.54) is 4.90 Å². The zero-order valence-electron chi connectivity index (χ0n) is 23.8. The van der Waals surface area contributed by atoms with Crippen LogP contribution in [0.15, 0.2) is 78.9 Å². The predicted octanol–water partition coefficient (Wildman–Crippen LogP) is 4.67. The highest BCUT2D eigenvalue weighted by Gasteiger charge is 2.30. The zero-order chi connectivity index (χ0) is 29.3. The first-order valence-electron chi connectivity index (χ1n) is 13.4. The number of carbonyl (C=O) groups excluding carboxylic acids is 2. The Morgan fingerprint density at radius 1 is 0.925 bits per heavy atom. The number of ether oxygens (including phenoxy) is 1. The summed E-state index contributed by atoms with van der Waals surface area (Å²) in [4.78, 5) is 28.2. The fraction of sp³-hybridized carbons (Fsp3) is 0.355. The SMILES string of the molecule is CCC(C)NC(=O)C(C)N(Cc1cccc(C)c1)C(=O)CN(c1ccc(OCc2ccccc2)cc1)S(C)(=O)=O. The van der Waals surface area contributed by atoms with Gasteiger partial charge in [-0.3, -0.25) is 13.9 Å². The van der Waals surface area contributed by atoms with Crippen molar-refractivity contribution in [1.82, 2.24) is 10.2 Å². The molecule has 0 fully saturated rings. The maximum Gasteiger partial charge on any atom is 0.244 e. The maximum absolute atomic E-state index is 13.7. The number of nitrogens with zero attached hydrogens (tertiary/aromatic N) is 2. The van der Waals surface area contributed by atoms with Gasteiger partial charge >= 0.3 is 0 Å². The van der Waals surface area contributed by atoms with Crippen molar-refractivity contribution in [3.8, 4) is 5.75 Å². The molecule has 40 heavy (non-hydrogen) atoms. The van der Waals surface area contributed by atoms with Crippen LogP contribution in [-0.2, 0) is 32.8 Å². The molecule has 0 aliphatic carbocycles. The number of hydrogen-bond acceptors (Lipinski definition) is 5. The van der Waals surface area contributed by atoms with Crippen LogP contribution in [0.5, 0.6) is 5.75 Å². The van der Waals surface area contributed by atoms with Crippen molar-refractivity contribution in [3.05, 3.63) is 95.6 Å². The van der Waals surface area contributed by atoms with Gasteiger partial charge in [0.05, 0.1) is 11.9 Å². The van der Waals surface area contributed by atoms with Crippen molar-refractivity contribution in [2.45, 2.75) is 59.4 Å². The Balaban J connectivity index is 1.82. The van der Waals surface area contributed by atoms with E-state index in [1.807, 2.05) is 75.4 Å². The summed E-state index contributed by atoms with van der Waals surface area (Å²) < 4.78 is 32.5. The minimum atomic E-state index is -3.82. The van der Waals surface area contributed by atoms with Crippen LogP contribution in [0, 0.1) is 6.92 Å². The Labute approximate surface area is 238 Å². The van der Waals surface area contributed by atoms with Crippen LogP contribution in [0.25, 0.3) is 0 Å². The summed E-state index contributed by atoms with van der Waals surface area (Å²) in [5.41, 5.74) is 3.21. The fourth-order valence-electron chi connectivity index (χ4n) is 4.12. The number of sulfonamides is 1. The minimum Gasteiger partial charge on any atom is -0.489 e. The van der Waals surface area contributed by atoms with E-state index >= 15 is 0 Å². The molecule has 214 valence electrons. The van der Waals surface area contributed by atoms with E-state index in [0.717, 1.165) is 33.7 Å². The standard InChI is InChI=1S/C31H39N3O5S/c1-6-24(3)32-31(36)25(4)33(20-27-14-10-11-23(2)19-27)30(35)21-34(40(5,37)38)28-15-17-29(18-16-28)39-22-26-12-8-7-9-13-26/h7-19,24-25H,6,20-22H2,1-5H3,(H,32,36). The average molecular weight is 566 g/mol. The molecule has 0 spiro atoms. The molecule has 3 rings (SSSR count). The predicted molar refractivity (Wildman–Crippen MR) is 158 cm³/mol. The van der Waals surface area contributed by atoms with Crippen molar-refractivity contribution >= 4 is 27.5 Å². The van der Waals surface area contributed by atoms with E-state index in [4.69, 9.17) is 4.74 Å². The summed E-state index contributed by atoms with van der Waals surface area (Å²) in [6.07, 6.45) is 1.81. The normalized spacial score (nSPS) is 12.7. The molecule has 0 bridgehead atoms. The van der Waals surface area contributed by atoms with Crippen molar-refractivity contribution < 1.29 is 22.7 Å². The number of nitrogens with one attached hydrogen (secondary N) is 1. The van der Waals surface area contributed by atoms with Gasteiger partial charge in [-0.2, -0.15) is 0 Å². The lowest BCUT2D eigenvalue weighted by molar-refractivity contribution is -0.139. The molecule has 2 amide bonds. The first-order valence-corrected chi connectivity index (χ1v) is 15.2. The van der Waals surface area contributed by atoms with Gasteiger partial charge in [-0.05, 0) is 62.6 Å². The highest BCUT2D eigenvalue weighted by Crippen LogP contribution is 2.23. The van der Waals surface area contributed by atoms with E-state index in [2.05, 4.69) is 5.32 Å². The van der Waals surface area contributed by atoms with Crippen molar-refractivity contribution in [2.75, 3.05) is 17.1 Å². The highest BCUT2D eigenvalue weighted by molar-refractivity contribution is 7.92. The summed E-state index contributed by atoms with van der Waals surface area (Å²) >= 11 is 0. The second-order valence-corrected chi connectivity index (χ2v) is 11.9. The molecule has 3 aromatic carbocycles. The van der Waals surface area contributed by atoms with Gasteiger partial charge in [-0.1, -0.05) is 67.1 Å². The third-order valence-corrected chi connectivity index (χ3v) is 7.80. The Bertz CT molecular complexity index is 1380. The van der Waals surface area contributed by atoms with Crippen LogP contribution in [0.4, 0.5) is 5.69 Å². The summed E-state index contributed by atoms with van der Waals surface area (Å²) in [5, 5.41) is 2.93. The lowest BCUT2D eigenvalue weighted by Crippen LogP contribution is -2.52. The Hall–Kier alpha value is -3.85. The third kappa shape index (κ3) is 8.84. The van der Waals surface area contributed by atoms with E-state index in [9.17, 15) is 18.0 Å². The highest BCUT2D eigenvalue weighted by atomic mass is 32.2. The monoisotopic (exact) mass is 565 g/mol. The molecule has 0 aliphatic heterocycles. The number of benzene rings is 3. The van der Waals surface area contributed by atoms with Crippen LogP contribution >= 0.6 is 0 Å². The summed E-state index contributed by atoms with van der Waals surface area (Å²) in [7, 11) is -3.82. The molecule has 9 heteroatoms. The van der Waals surface area contributed by atoms with Gasteiger partial charge in [0.1, 0.15) is 24.9 Å². The van der Waals surface area contributed by atoms with Crippen LogP contribution in [0.1, 0.15) is 43.9 Å². The number of amides is 2. The summed E-state index contributed by atoms with van der Waals surface area (Å²) in [5.74, 6) is -0.201. The van der Waals surface area contributed by atoms with Gasteiger partial charge in [0.25, 0.3) is 0 Å². The first kappa shape index (κ1) is 30.7. The van der Waals surface area contributed by atoms with Crippen molar-refractivity contribution in [3.63, 3.8) is 0 Å². The molecular formula is C31H39N3O5S. The number of aryl methyl sites for hydroxylation is 1. The van der Waals surface area contributed by atoms with Crippen LogP contribution in [0.2, 0.25) is 0 Å². The number of carbonyl (C=O) groups is 2. The molecule has 0 radical (unpaired) electrons. The van der Waals surface area contributed by atoms with E-state index in [1.54, 1.807) is 31.2 Å². The number of rotatable bonds is 13. The van der Waals surface area contributed by atoms with Crippen molar-refractivity contribution in [2.24, 2.45) is 0 Å². The van der Waals surface area contributed by atoms with Gasteiger partial charge < -0.3 is 15.0 Å². The van der Waals surface area contributed by atoms with Crippen LogP contribution in [-0.4, -0.2) is 50.0 Å². The van der Waals surface area contributed by atoms with Crippen LogP contribution in [0.3, 0.4) is 0 Å². The molecule has 0 heterocycles. The van der Waals surface area contributed by atoms with Gasteiger partial charge in [-0.25, -0.2) is 8.42 Å². The smallest absolute Gasteiger partial charge is 0.244 e.